The van der Waals surface area contributed by atoms with Gasteiger partial charge >= 0.3 is 15.6 Å². The van der Waals surface area contributed by atoms with Crippen molar-refractivity contribution < 1.29 is 131 Å². The average Bonchev–Trinajstić information content (AvgIpc) is 0.768. The second kappa shape index (κ2) is 43.0. The van der Waals surface area contributed by atoms with E-state index in [1.54, 1.807) is 103 Å². The van der Waals surface area contributed by atoms with Gasteiger partial charge in [-0.3, -0.25) is 38.0 Å². The number of carbonyl (C=O) groups excluding carboxylic acids is 4. The van der Waals surface area contributed by atoms with Crippen molar-refractivity contribution in [2.24, 2.45) is 0 Å². The SMILES string of the molecule is COc1cc(Nc2ncc(F)c(Nc3ccc4c(n3)N(COP(=O)(O)O)C(=O)C(C)(C)O4)n2)cc(C)c1OC.COc1cc(Nc2ncc(F)c(Nc3ccc4c(n3)N(COP(=O)(O)O)C(=O)C(C)(C)O4)n2)cc(C)c1OC.COc1cc(Nc2ncc(F)c(Nc3ccc4c(n3)NC(=O)C(C)(C)O4)n2)cc(C)c1OC.COc1cc(Nc2ncc(F)c(Nc3ccc4c(n3)NC(=O)C(C)(C)O4)n2)cc(C)c1OC. The van der Waals surface area contributed by atoms with Gasteiger partial charge < -0.3 is 130 Å². The van der Waals surface area contributed by atoms with E-state index < -0.39 is 86.6 Å². The van der Waals surface area contributed by atoms with Crippen LogP contribution >= 0.6 is 15.6 Å². The Morgan fingerprint density at radius 1 is 0.340 bits per heavy atom. The molecule has 0 atom stereocenters. The molecule has 0 fully saturated rings. The van der Waals surface area contributed by atoms with Crippen molar-refractivity contribution in [3.05, 3.63) is 167 Å². The van der Waals surface area contributed by atoms with Gasteiger partial charge in [0.2, 0.25) is 23.8 Å². The predicted octanol–water partition coefficient (Wildman–Crippen LogP) is 14.7. The fourth-order valence-electron chi connectivity index (χ4n) is 14.0. The highest BCUT2D eigenvalue weighted by molar-refractivity contribution is 7.46. The molecule has 0 unspecified atom stereocenters. The summed E-state index contributed by atoms with van der Waals surface area (Å²) in [5, 5.41) is 28.4. The van der Waals surface area contributed by atoms with Crippen LogP contribution in [0, 0.1) is 51.0 Å². The fourth-order valence-corrected chi connectivity index (χ4v) is 14.6. The predicted molar refractivity (Wildman–Crippen MR) is 515 cm³/mol. The molecule has 0 bridgehead atoms. The molecule has 14 N–H and O–H groups in total. The Bertz CT molecular complexity index is 6630. The van der Waals surface area contributed by atoms with Crippen LogP contribution in [0.25, 0.3) is 0 Å². The molecule has 4 aliphatic rings. The third-order valence-electron chi connectivity index (χ3n) is 20.8. The number of benzene rings is 4. The molecule has 48 nitrogen and oxygen atoms in total. The zero-order valence-corrected chi connectivity index (χ0v) is 82.4. The Kier molecular flexibility index (Phi) is 31.3. The number of carbonyl (C=O) groups is 4. The number of aryl methyl sites for hydroxylation is 4. The number of nitrogens with one attached hydrogen (secondary N) is 10. The van der Waals surface area contributed by atoms with Gasteiger partial charge in [0.15, 0.2) is 161 Å². The molecule has 16 rings (SSSR count). The molecular formula is C90H98F4N24O24P2. The molecule has 0 spiro atoms. The largest absolute Gasteiger partial charge is 0.493 e. The fraction of sp³-hybridized carbons (Fsp3) is 0.289. The maximum atomic E-state index is 14.6. The number of nitrogens with zero attached hydrogens (tertiary/aromatic N) is 14. The van der Waals surface area contributed by atoms with Gasteiger partial charge in [0.1, 0.15) is 36.7 Å². The molecule has 4 amide bonds. The van der Waals surface area contributed by atoms with E-state index in [9.17, 15) is 45.9 Å². The van der Waals surface area contributed by atoms with Crippen molar-refractivity contribution >= 4 is 156 Å². The maximum Gasteiger partial charge on any atom is 0.471 e. The number of phosphoric ester groups is 2. The lowest BCUT2D eigenvalue weighted by Gasteiger charge is -2.37. The summed E-state index contributed by atoms with van der Waals surface area (Å²) in [6.07, 6.45) is 3.99. The number of aromatic nitrogens is 12. The number of ether oxygens (including phenoxy) is 12. The lowest BCUT2D eigenvalue weighted by atomic mass is 10.1. The Morgan fingerprint density at radius 2 is 0.583 bits per heavy atom. The van der Waals surface area contributed by atoms with Gasteiger partial charge in [0, 0.05) is 47.0 Å². The number of hydrogen-bond acceptors (Lipinski definition) is 40. The standard InChI is InChI=1S/2C23H26FN6O8P.2C22H23FN6O4/c2*1-12-8-13(9-16(35-4)18(12)36-5)26-22-25-10-14(24)19(29-22)27-17-7-6-15-20(28-17)30(11-37-39(32,33)34)21(31)23(2,3)38-15;2*1-11-8-12(9-15(31-4)17(11)32-5)25-21-24-10-13(23)18(29-21)26-16-7-6-14-19(27-16)28-20(30)22(2,3)33-14/h2*6-10H,11H2,1-5H3,(H2,32,33,34)(H2,25,26,27,28,29);2*6-10H,1-5H3,(H3,24,25,26,27,28,29,30). The van der Waals surface area contributed by atoms with E-state index in [1.807, 2.05) is 39.8 Å². The molecule has 0 aliphatic carbocycles. The molecule has 4 aliphatic heterocycles. The van der Waals surface area contributed by atoms with E-state index in [0.717, 1.165) is 56.8 Å². The zero-order chi connectivity index (χ0) is 105. The van der Waals surface area contributed by atoms with Crippen LogP contribution in [0.1, 0.15) is 77.6 Å². The number of methoxy groups -OCH3 is 8. The Balaban J connectivity index is 0.000000161. The minimum absolute atomic E-state index is 0.0524. The summed E-state index contributed by atoms with van der Waals surface area (Å²) in [6.45, 7) is 18.4. The number of hydrogen-bond donors (Lipinski definition) is 14. The molecule has 12 heterocycles. The van der Waals surface area contributed by atoms with Gasteiger partial charge in [0.05, 0.1) is 81.7 Å². The van der Waals surface area contributed by atoms with Gasteiger partial charge in [-0.2, -0.15) is 19.9 Å². The summed E-state index contributed by atoms with van der Waals surface area (Å²) >= 11 is 0. The van der Waals surface area contributed by atoms with Crippen LogP contribution in [0.3, 0.4) is 0 Å². The minimum atomic E-state index is -4.90. The number of fused-ring (bicyclic) bond motifs is 4. The first-order valence-electron chi connectivity index (χ1n) is 42.7. The number of phosphoric acid groups is 2. The van der Waals surface area contributed by atoms with Crippen molar-refractivity contribution in [3.8, 4) is 69.0 Å². The van der Waals surface area contributed by atoms with E-state index in [1.165, 1.54) is 94.6 Å². The van der Waals surface area contributed by atoms with Crippen LogP contribution in [-0.4, -0.2) is 196 Å². The van der Waals surface area contributed by atoms with E-state index >= 15 is 0 Å². The molecule has 760 valence electrons. The molecule has 12 aromatic rings. The Morgan fingerprint density at radius 3 is 0.826 bits per heavy atom. The molecule has 144 heavy (non-hydrogen) atoms. The summed E-state index contributed by atoms with van der Waals surface area (Å²) in [5.41, 5.74) is 0.910. The average molecular weight is 2040 g/mol. The monoisotopic (exact) mass is 2040 g/mol. The second-order valence-corrected chi connectivity index (χ2v) is 35.6. The Hall–Kier alpha value is -16.4. The first kappa shape index (κ1) is 105. The van der Waals surface area contributed by atoms with Gasteiger partial charge in [0.25, 0.3) is 23.6 Å². The highest BCUT2D eigenvalue weighted by Gasteiger charge is 2.46. The summed E-state index contributed by atoms with van der Waals surface area (Å²) in [6, 6.07) is 26.3. The quantitative estimate of drug-likeness (QED) is 0.0147. The van der Waals surface area contributed by atoms with E-state index in [2.05, 4.69) is 122 Å². The lowest BCUT2D eigenvalue weighted by molar-refractivity contribution is -0.134. The molecule has 54 heteroatoms. The summed E-state index contributed by atoms with van der Waals surface area (Å²) in [7, 11) is 2.46. The normalized spacial score (nSPS) is 14.2. The van der Waals surface area contributed by atoms with E-state index in [4.69, 9.17) is 76.4 Å². The van der Waals surface area contributed by atoms with E-state index in [0.29, 0.717) is 80.2 Å². The van der Waals surface area contributed by atoms with Crippen LogP contribution in [0.5, 0.6) is 69.0 Å². The van der Waals surface area contributed by atoms with Crippen molar-refractivity contribution in [2.75, 3.05) is 133 Å². The minimum Gasteiger partial charge on any atom is -0.493 e. The molecule has 0 saturated carbocycles. The molecule has 0 saturated heterocycles. The third kappa shape index (κ3) is 25.0. The third-order valence-corrected chi connectivity index (χ3v) is 21.7. The van der Waals surface area contributed by atoms with E-state index in [-0.39, 0.29) is 117 Å². The zero-order valence-electron chi connectivity index (χ0n) is 80.6. The summed E-state index contributed by atoms with van der Waals surface area (Å²) in [4.78, 5) is 138. The second-order valence-electron chi connectivity index (χ2n) is 33.1. The molecular weight excluding hydrogens is 1940 g/mol. The van der Waals surface area contributed by atoms with Gasteiger partial charge in [-0.15, -0.1) is 0 Å². The highest BCUT2D eigenvalue weighted by Crippen LogP contribution is 2.47. The van der Waals surface area contributed by atoms with Crippen molar-refractivity contribution in [2.45, 2.75) is 105 Å². The topological polar surface area (TPSA) is 594 Å². The van der Waals surface area contributed by atoms with Crippen LogP contribution < -0.4 is 120 Å². The maximum absolute atomic E-state index is 14.6. The number of amides is 4. The molecule has 8 aromatic heterocycles. The summed E-state index contributed by atoms with van der Waals surface area (Å²) in [5.74, 6) is 1.28. The number of rotatable bonds is 30. The number of halogens is 4. The van der Waals surface area contributed by atoms with Gasteiger partial charge in [-0.1, -0.05) is 0 Å². The van der Waals surface area contributed by atoms with Crippen LogP contribution in [0.2, 0.25) is 0 Å². The van der Waals surface area contributed by atoms with Crippen molar-refractivity contribution in [1.82, 2.24) is 59.8 Å². The van der Waals surface area contributed by atoms with Crippen molar-refractivity contribution in [1.29, 1.82) is 0 Å². The highest BCUT2D eigenvalue weighted by atomic mass is 31.2. The van der Waals surface area contributed by atoms with Gasteiger partial charge in [-0.25, -0.2) is 66.6 Å². The first-order chi connectivity index (χ1) is 68.0. The molecule has 4 aromatic carbocycles. The Labute approximate surface area is 818 Å². The van der Waals surface area contributed by atoms with Crippen molar-refractivity contribution in [3.63, 3.8) is 0 Å². The van der Waals surface area contributed by atoms with Crippen LogP contribution in [-0.2, 0) is 37.4 Å². The first-order valence-corrected chi connectivity index (χ1v) is 45.7. The van der Waals surface area contributed by atoms with Gasteiger partial charge in [-0.05, 0) is 178 Å². The lowest BCUT2D eigenvalue weighted by Crippen LogP contribution is -2.53. The number of pyridine rings is 4. The number of anilines is 20. The van der Waals surface area contributed by atoms with Crippen LogP contribution in [0.4, 0.5) is 134 Å². The smallest absolute Gasteiger partial charge is 0.471 e. The molecule has 0 radical (unpaired) electrons. The summed E-state index contributed by atoms with van der Waals surface area (Å²) < 4.78 is 155. The van der Waals surface area contributed by atoms with Crippen LogP contribution in [0.15, 0.2) is 122 Å².